The third-order valence-electron chi connectivity index (χ3n) is 16.1. The first kappa shape index (κ1) is 77.1. The molecule has 3 fully saturated rings. The number of primary amides is 1. The summed E-state index contributed by atoms with van der Waals surface area (Å²) >= 11 is 0. The van der Waals surface area contributed by atoms with Gasteiger partial charge in [0.1, 0.15) is 48.3 Å². The summed E-state index contributed by atoms with van der Waals surface area (Å²) in [6, 6.07) is -13.8. The first-order chi connectivity index (χ1) is 43.3. The number of nitrogens with one attached hydrogen (secondary N) is 11. The monoisotopic (exact) mass is 1290 g/mol. The highest BCUT2D eigenvalue weighted by Crippen LogP contribution is 2.23. The molecule has 0 saturated carbocycles. The highest BCUT2D eigenvalue weighted by molar-refractivity contribution is 6.00. The van der Waals surface area contributed by atoms with Gasteiger partial charge in [-0.05, 0) is 51.4 Å². The van der Waals surface area contributed by atoms with Crippen LogP contribution < -0.4 is 64.2 Å². The van der Waals surface area contributed by atoms with Crippen LogP contribution in [0.25, 0.3) is 0 Å². The predicted octanol–water partition coefficient (Wildman–Crippen LogP) is -2.34. The second kappa shape index (κ2) is 41.2. The summed E-state index contributed by atoms with van der Waals surface area (Å²) in [6.07, 6.45) is 12.6. The van der Waals surface area contributed by atoms with Gasteiger partial charge < -0.3 is 89.3 Å². The lowest BCUT2D eigenvalue weighted by Gasteiger charge is -2.37. The normalized spacial score (nSPS) is 23.5. The quantitative estimate of drug-likeness (QED) is 0.0383. The number of unbranched alkanes of at least 4 members (excludes halogenated alkanes) is 13. The molecular weight excluding hydrogens is 1190 g/mol. The number of piperidine rings is 1. The first-order valence-corrected chi connectivity index (χ1v) is 31.9. The van der Waals surface area contributed by atoms with Crippen molar-refractivity contribution >= 4 is 88.9 Å². The summed E-state index contributed by atoms with van der Waals surface area (Å²) in [5.41, 5.74) is 5.54. The maximum absolute atomic E-state index is 14.9. The number of aliphatic hydroxyl groups excluding tert-OH is 1. The van der Waals surface area contributed by atoms with Gasteiger partial charge in [0.15, 0.2) is 0 Å². The van der Waals surface area contributed by atoms with Gasteiger partial charge in [-0.25, -0.2) is 4.79 Å². The highest BCUT2D eigenvalue weighted by Gasteiger charge is 2.43. The van der Waals surface area contributed by atoms with Crippen molar-refractivity contribution in [1.29, 1.82) is 0 Å². The maximum atomic E-state index is 14.9. The zero-order chi connectivity index (χ0) is 67.6. The van der Waals surface area contributed by atoms with Crippen molar-refractivity contribution in [2.24, 2.45) is 11.7 Å². The third kappa shape index (κ3) is 28.3. The fraction of sp³-hybridized carbons (Fsp3) is 0.746. The summed E-state index contributed by atoms with van der Waals surface area (Å²) < 4.78 is 0. The Kier molecular flexibility index (Phi) is 34.9. The second-order valence-corrected chi connectivity index (χ2v) is 23.5. The van der Waals surface area contributed by atoms with Crippen LogP contribution in [0, 0.1) is 5.92 Å². The molecule has 3 heterocycles. The Morgan fingerprint density at radius 1 is 0.560 bits per heavy atom. The van der Waals surface area contributed by atoms with Crippen LogP contribution in [0.4, 0.5) is 4.79 Å². The molecule has 512 valence electrons. The zero-order valence-corrected chi connectivity index (χ0v) is 52.9. The summed E-state index contributed by atoms with van der Waals surface area (Å²) in [5, 5.41) is 55.5. The van der Waals surface area contributed by atoms with Crippen LogP contribution in [0.1, 0.15) is 175 Å². The fourth-order valence-corrected chi connectivity index (χ4v) is 10.8. The van der Waals surface area contributed by atoms with E-state index < -0.39 is 195 Å². The molecule has 14 amide bonds. The van der Waals surface area contributed by atoms with Gasteiger partial charge in [0.05, 0.1) is 45.0 Å². The van der Waals surface area contributed by atoms with E-state index in [0.717, 1.165) is 43.9 Å². The Labute approximate surface area is 530 Å². The van der Waals surface area contributed by atoms with E-state index in [4.69, 9.17) is 5.73 Å². The average molecular weight is 1290 g/mol. The van der Waals surface area contributed by atoms with Gasteiger partial charge in [0.25, 0.3) is 0 Å². The van der Waals surface area contributed by atoms with Gasteiger partial charge in [0, 0.05) is 26.2 Å². The molecule has 16 N–H and O–H groups in total. The molecular formula is C59H98N14O18. The Hall–Kier alpha value is -8.19. The molecule has 91 heavy (non-hydrogen) atoms. The molecule has 3 saturated heterocycles. The molecule has 0 radical (unpaired) electrons. The Morgan fingerprint density at radius 2 is 1.02 bits per heavy atom. The number of carbonyl (C=O) groups excluding carboxylic acids is 13. The van der Waals surface area contributed by atoms with Gasteiger partial charge >= 0.3 is 18.0 Å². The molecule has 0 spiro atoms. The molecule has 3 aliphatic heterocycles. The molecule has 0 aromatic rings. The SMILES string of the molecule is CCCCCCCCCCCCCCCCNC(=O)N[C@@H](CC(N)=O)C(=O)N[C@H]1CNC(=O)[C@@H]2CCCN2C(=O)[C@H]([C@H](C)CC)NC(=O)[C@H]([C@@H](C)O)NC(=O)CNC(=O)[C@H](CC(=O)O)NC(=O)CNC(=O)[C@H](CC(=O)O)NC(=O)CNC(=O)[C@@H]2CCCCN2C1=O. The molecule has 0 aliphatic carbocycles. The number of fused-ring (bicyclic) bond motifs is 2. The van der Waals surface area contributed by atoms with Crippen LogP contribution in [0.2, 0.25) is 0 Å². The van der Waals surface area contributed by atoms with Gasteiger partial charge in [-0.15, -0.1) is 0 Å². The number of carboxylic acid groups (broad SMARTS) is 2. The molecule has 0 aromatic heterocycles. The second-order valence-electron chi connectivity index (χ2n) is 23.5. The van der Waals surface area contributed by atoms with Crippen LogP contribution >= 0.6 is 0 Å². The van der Waals surface area contributed by atoms with Crippen molar-refractivity contribution in [3.05, 3.63) is 0 Å². The van der Waals surface area contributed by atoms with Crippen molar-refractivity contribution in [3.8, 4) is 0 Å². The number of carbonyl (C=O) groups is 15. The van der Waals surface area contributed by atoms with Crippen LogP contribution in [0.3, 0.4) is 0 Å². The highest BCUT2D eigenvalue weighted by atomic mass is 16.4. The van der Waals surface area contributed by atoms with E-state index in [2.05, 4.69) is 65.4 Å². The van der Waals surface area contributed by atoms with Crippen molar-refractivity contribution in [3.63, 3.8) is 0 Å². The lowest BCUT2D eigenvalue weighted by atomic mass is 9.96. The molecule has 0 unspecified atom stereocenters. The third-order valence-corrected chi connectivity index (χ3v) is 16.1. The lowest BCUT2D eigenvalue weighted by molar-refractivity contribution is -0.146. The van der Waals surface area contributed by atoms with Gasteiger partial charge in [-0.2, -0.15) is 0 Å². The minimum Gasteiger partial charge on any atom is -0.481 e. The molecule has 32 nitrogen and oxygen atoms in total. The van der Waals surface area contributed by atoms with Crippen LogP contribution in [0.5, 0.6) is 0 Å². The van der Waals surface area contributed by atoms with E-state index in [-0.39, 0.29) is 45.3 Å². The standard InChI is InChI=1S/C59H98N14O18/c1-5-7-8-9-10-11-12-13-14-15-16-17-18-20-25-61-59(91)69-37(28-43(60)75)53(85)68-40-31-62-54(86)42-24-22-27-73(42)58(90)49(35(3)6-2)71-56(88)50(36(4)74)70-46(78)34-64-52(84)39(30-48(81)82)66-44(76)32-63-51(83)38(29-47(79)80)67-45(77)33-65-55(87)41-23-19-21-26-72(41)57(40)89/h35-42,49-50,74H,5-34H2,1-4H3,(H2,60,75)(H,62,86)(H,63,83)(H,64,84)(H,65,87)(H,66,76)(H,67,77)(H,68,85)(H,70,78)(H,71,88)(H,79,80)(H,81,82)(H2,61,69,91)/t35-,36-,37+,38+,39+,40+,41+,42+,49+,50+/m1/s1. The zero-order valence-electron chi connectivity index (χ0n) is 52.9. The smallest absolute Gasteiger partial charge is 0.315 e. The number of aliphatic carboxylic acids is 2. The molecule has 32 heteroatoms. The maximum Gasteiger partial charge on any atom is 0.315 e. The number of nitrogens with zero attached hydrogens (tertiary/aromatic N) is 2. The van der Waals surface area contributed by atoms with E-state index in [1.54, 1.807) is 13.8 Å². The lowest BCUT2D eigenvalue weighted by Crippen LogP contribution is -2.63. The molecule has 0 bridgehead atoms. The largest absolute Gasteiger partial charge is 0.481 e. The topological polar surface area (TPSA) is 482 Å². The summed E-state index contributed by atoms with van der Waals surface area (Å²) in [5.74, 6) is -16.4. The minimum atomic E-state index is -1.89. The van der Waals surface area contributed by atoms with E-state index in [1.807, 2.05) is 0 Å². The number of nitrogens with two attached hydrogens (primary N) is 1. The van der Waals surface area contributed by atoms with E-state index in [1.165, 1.54) is 56.3 Å². The Morgan fingerprint density at radius 3 is 1.52 bits per heavy atom. The molecule has 3 aliphatic rings. The predicted molar refractivity (Wildman–Crippen MR) is 326 cm³/mol. The van der Waals surface area contributed by atoms with Gasteiger partial charge in [-0.1, -0.05) is 111 Å². The molecule has 3 rings (SSSR count). The van der Waals surface area contributed by atoms with Gasteiger partial charge in [0.2, 0.25) is 70.9 Å². The summed E-state index contributed by atoms with van der Waals surface area (Å²) in [7, 11) is 0. The van der Waals surface area contributed by atoms with Crippen molar-refractivity contribution in [1.82, 2.24) is 68.3 Å². The molecule has 0 aromatic carbocycles. The van der Waals surface area contributed by atoms with Gasteiger partial charge in [-0.3, -0.25) is 67.1 Å². The average Bonchev–Trinajstić information content (AvgIpc) is 2.08. The summed E-state index contributed by atoms with van der Waals surface area (Å²) in [6.45, 7) is 3.21. The number of rotatable bonds is 27. The number of aliphatic hydroxyl groups is 1. The number of carboxylic acids is 2. The summed E-state index contributed by atoms with van der Waals surface area (Å²) in [4.78, 5) is 203. The van der Waals surface area contributed by atoms with Crippen molar-refractivity contribution < 1.29 is 87.2 Å². The number of hydrogen-bond acceptors (Lipinski definition) is 16. The van der Waals surface area contributed by atoms with Crippen LogP contribution in [0.15, 0.2) is 0 Å². The number of amides is 14. The van der Waals surface area contributed by atoms with Crippen molar-refractivity contribution in [2.45, 2.75) is 230 Å². The van der Waals surface area contributed by atoms with Crippen LogP contribution in [-0.2, 0) is 67.1 Å². The Balaban J connectivity index is 1.95. The number of hydrogen-bond donors (Lipinski definition) is 15. The minimum absolute atomic E-state index is 0.00396. The Bertz CT molecular complexity index is 2520. The molecule has 10 atom stereocenters. The fourth-order valence-electron chi connectivity index (χ4n) is 10.8. The first-order valence-electron chi connectivity index (χ1n) is 31.9. The van der Waals surface area contributed by atoms with Crippen LogP contribution in [-0.4, -0.2) is 214 Å². The van der Waals surface area contributed by atoms with E-state index in [0.29, 0.717) is 19.3 Å². The van der Waals surface area contributed by atoms with E-state index in [9.17, 15) is 87.2 Å². The van der Waals surface area contributed by atoms with E-state index >= 15 is 0 Å². The number of urea groups is 1. The van der Waals surface area contributed by atoms with Crippen molar-refractivity contribution in [2.75, 3.05) is 45.8 Å².